The Labute approximate surface area is 93.3 Å². The molecule has 1 aromatic rings. The first-order valence-electron chi connectivity index (χ1n) is 3.81. The summed E-state index contributed by atoms with van der Waals surface area (Å²) in [6.07, 6.45) is 0. The second-order valence-electron chi connectivity index (χ2n) is 2.53. The van der Waals surface area contributed by atoms with Crippen LogP contribution in [0.1, 0.15) is 5.56 Å². The summed E-state index contributed by atoms with van der Waals surface area (Å²) in [5.74, 6) is -2.75. The zero-order chi connectivity index (χ0) is 11.4. The smallest absolute Gasteiger partial charge is 0.203 e. The molecule has 1 aromatic carbocycles. The Bertz CT molecular complexity index is 418. The van der Waals surface area contributed by atoms with E-state index in [9.17, 15) is 8.78 Å². The second kappa shape index (κ2) is 5.05. The average molecular weight is 278 g/mol. The average Bonchev–Trinajstić information content (AvgIpc) is 2.23. The summed E-state index contributed by atoms with van der Waals surface area (Å²) in [6, 6.07) is 2.67. The highest BCUT2D eigenvalue weighted by atomic mass is 79.9. The Balaban J connectivity index is 3.19. The third-order valence-electron chi connectivity index (χ3n) is 1.56. The molecule has 15 heavy (non-hydrogen) atoms. The van der Waals surface area contributed by atoms with Crippen LogP contribution in [-0.2, 0) is 4.74 Å². The molecule has 0 aliphatic rings. The van der Waals surface area contributed by atoms with Crippen molar-refractivity contribution in [3.8, 4) is 11.8 Å². The molecule has 0 aromatic heterocycles. The molecule has 3 nitrogen and oxygen atoms in total. The third kappa shape index (κ3) is 2.43. The van der Waals surface area contributed by atoms with Crippen molar-refractivity contribution in [1.82, 2.24) is 0 Å². The van der Waals surface area contributed by atoms with Crippen molar-refractivity contribution in [1.29, 1.82) is 5.26 Å². The van der Waals surface area contributed by atoms with Crippen molar-refractivity contribution in [3.05, 3.63) is 27.7 Å². The lowest BCUT2D eigenvalue weighted by Gasteiger charge is -2.09. The predicted molar refractivity (Wildman–Crippen MR) is 51.3 cm³/mol. The van der Waals surface area contributed by atoms with Gasteiger partial charge in [0.05, 0.1) is 10.0 Å². The highest BCUT2D eigenvalue weighted by molar-refractivity contribution is 9.10. The van der Waals surface area contributed by atoms with E-state index in [1.165, 1.54) is 13.2 Å². The first-order valence-corrected chi connectivity index (χ1v) is 4.60. The first kappa shape index (κ1) is 11.9. The maximum absolute atomic E-state index is 13.3. The number of hydrogen-bond donors (Lipinski definition) is 0. The quantitative estimate of drug-likeness (QED) is 0.630. The number of methoxy groups -OCH3 is 1. The molecule has 0 N–H and O–H groups in total. The molecule has 0 aliphatic heterocycles. The summed E-state index contributed by atoms with van der Waals surface area (Å²) in [4.78, 5) is 0. The number of rotatable bonds is 3. The lowest BCUT2D eigenvalue weighted by molar-refractivity contribution is 0.0471. The highest BCUT2D eigenvalue weighted by Gasteiger charge is 2.18. The maximum atomic E-state index is 13.3. The normalized spacial score (nSPS) is 9.80. The van der Waals surface area contributed by atoms with E-state index in [0.717, 1.165) is 6.07 Å². The molecule has 0 radical (unpaired) electrons. The summed E-state index contributed by atoms with van der Waals surface area (Å²) in [7, 11) is 1.35. The number of halogens is 3. The molecular weight excluding hydrogens is 272 g/mol. The molecule has 0 spiro atoms. The van der Waals surface area contributed by atoms with E-state index in [-0.39, 0.29) is 22.6 Å². The van der Waals surface area contributed by atoms with E-state index in [0.29, 0.717) is 0 Å². The minimum atomic E-state index is -1.23. The van der Waals surface area contributed by atoms with E-state index >= 15 is 0 Å². The van der Waals surface area contributed by atoms with Gasteiger partial charge in [0.25, 0.3) is 0 Å². The molecule has 80 valence electrons. The summed E-state index contributed by atoms with van der Waals surface area (Å²) in [5.41, 5.74) is -0.385. The van der Waals surface area contributed by atoms with Gasteiger partial charge in [-0.3, -0.25) is 0 Å². The van der Waals surface area contributed by atoms with Gasteiger partial charge < -0.3 is 9.47 Å². The molecule has 1 rings (SSSR count). The van der Waals surface area contributed by atoms with Gasteiger partial charge in [-0.05, 0) is 22.0 Å². The standard InChI is InChI=1S/C9H6BrF2NO2/c1-14-4-15-9-6(10)2-5(3-13)7(11)8(9)12/h2H,4H2,1H3. The van der Waals surface area contributed by atoms with Crippen molar-refractivity contribution in [2.45, 2.75) is 0 Å². The predicted octanol–water partition coefficient (Wildman–Crippen LogP) is 2.58. The van der Waals surface area contributed by atoms with Gasteiger partial charge in [-0.1, -0.05) is 0 Å². The summed E-state index contributed by atoms with van der Waals surface area (Å²) in [5, 5.41) is 8.49. The van der Waals surface area contributed by atoms with E-state index in [2.05, 4.69) is 20.7 Å². The van der Waals surface area contributed by atoms with Gasteiger partial charge in [0, 0.05) is 7.11 Å². The number of hydrogen-bond acceptors (Lipinski definition) is 3. The van der Waals surface area contributed by atoms with Gasteiger partial charge in [-0.15, -0.1) is 0 Å². The molecule has 0 bridgehead atoms. The highest BCUT2D eigenvalue weighted by Crippen LogP contribution is 2.31. The molecule has 6 heteroatoms. The monoisotopic (exact) mass is 277 g/mol. The van der Waals surface area contributed by atoms with Gasteiger partial charge in [0.1, 0.15) is 6.07 Å². The van der Waals surface area contributed by atoms with Crippen LogP contribution in [0.25, 0.3) is 0 Å². The van der Waals surface area contributed by atoms with Gasteiger partial charge in [0.15, 0.2) is 18.4 Å². The van der Waals surface area contributed by atoms with Crippen molar-refractivity contribution >= 4 is 15.9 Å². The minimum absolute atomic E-state index is 0.162. The van der Waals surface area contributed by atoms with Crippen LogP contribution in [0.5, 0.6) is 5.75 Å². The molecule has 0 atom stereocenters. The van der Waals surface area contributed by atoms with Gasteiger partial charge in [-0.2, -0.15) is 9.65 Å². The topological polar surface area (TPSA) is 42.2 Å². The Morgan fingerprint density at radius 2 is 2.13 bits per heavy atom. The summed E-state index contributed by atoms with van der Waals surface area (Å²) < 4.78 is 35.9. The van der Waals surface area contributed by atoms with Gasteiger partial charge >= 0.3 is 0 Å². The molecule has 0 saturated heterocycles. The van der Waals surface area contributed by atoms with Crippen molar-refractivity contribution in [2.24, 2.45) is 0 Å². The Morgan fingerprint density at radius 1 is 1.47 bits per heavy atom. The van der Waals surface area contributed by atoms with Crippen LogP contribution >= 0.6 is 15.9 Å². The van der Waals surface area contributed by atoms with Crippen molar-refractivity contribution in [3.63, 3.8) is 0 Å². The fourth-order valence-corrected chi connectivity index (χ4v) is 1.43. The maximum Gasteiger partial charge on any atom is 0.203 e. The van der Waals surface area contributed by atoms with E-state index < -0.39 is 11.6 Å². The Hall–Kier alpha value is -1.19. The molecule has 0 saturated carbocycles. The van der Waals surface area contributed by atoms with Crippen LogP contribution in [0, 0.1) is 23.0 Å². The second-order valence-corrected chi connectivity index (χ2v) is 3.38. The van der Waals surface area contributed by atoms with Crippen LogP contribution in [0.4, 0.5) is 8.78 Å². The Morgan fingerprint density at radius 3 is 2.67 bits per heavy atom. The third-order valence-corrected chi connectivity index (χ3v) is 2.15. The largest absolute Gasteiger partial charge is 0.463 e. The number of benzene rings is 1. The van der Waals surface area contributed by atoms with Crippen molar-refractivity contribution < 1.29 is 18.3 Å². The van der Waals surface area contributed by atoms with E-state index in [1.54, 1.807) is 0 Å². The minimum Gasteiger partial charge on any atom is -0.463 e. The number of nitrogens with zero attached hydrogens (tertiary/aromatic N) is 1. The lowest BCUT2D eigenvalue weighted by atomic mass is 10.2. The summed E-state index contributed by atoms with van der Waals surface area (Å²) in [6.45, 7) is -0.207. The Kier molecular flexibility index (Phi) is 4.00. The van der Waals surface area contributed by atoms with Crippen molar-refractivity contribution in [2.75, 3.05) is 13.9 Å². The fraction of sp³-hybridized carbons (Fsp3) is 0.222. The zero-order valence-electron chi connectivity index (χ0n) is 7.68. The molecule has 0 fully saturated rings. The molecule has 0 amide bonds. The first-order chi connectivity index (χ1) is 7.11. The van der Waals surface area contributed by atoms with Crippen LogP contribution < -0.4 is 4.74 Å². The van der Waals surface area contributed by atoms with Crippen LogP contribution in [0.2, 0.25) is 0 Å². The summed E-state index contributed by atoms with van der Waals surface area (Å²) >= 11 is 2.96. The van der Waals surface area contributed by atoms with Crippen LogP contribution in [-0.4, -0.2) is 13.9 Å². The number of ether oxygens (including phenoxy) is 2. The van der Waals surface area contributed by atoms with Gasteiger partial charge in [0.2, 0.25) is 5.82 Å². The fourth-order valence-electron chi connectivity index (χ4n) is 0.910. The van der Waals surface area contributed by atoms with Gasteiger partial charge in [-0.25, -0.2) is 4.39 Å². The molecule has 0 aliphatic carbocycles. The SMILES string of the molecule is COCOc1c(Br)cc(C#N)c(F)c1F. The van der Waals surface area contributed by atoms with E-state index in [4.69, 9.17) is 10.00 Å². The lowest BCUT2D eigenvalue weighted by Crippen LogP contribution is -2.04. The molecule has 0 heterocycles. The van der Waals surface area contributed by atoms with Crippen LogP contribution in [0.15, 0.2) is 10.5 Å². The van der Waals surface area contributed by atoms with Crippen LogP contribution in [0.3, 0.4) is 0 Å². The number of nitriles is 1. The van der Waals surface area contributed by atoms with E-state index in [1.807, 2.05) is 0 Å². The zero-order valence-corrected chi connectivity index (χ0v) is 9.27. The molecular formula is C9H6BrF2NO2. The molecule has 0 unspecified atom stereocenters.